The summed E-state index contributed by atoms with van der Waals surface area (Å²) in [6.45, 7) is 10.9. The van der Waals surface area contributed by atoms with Crippen LogP contribution in [0.2, 0.25) is 0 Å². The zero-order chi connectivity index (χ0) is 13.3. The SMILES string of the molecule is C=CC(=O)SC(C)CSCC(C)SC(=O)C=C. The first-order valence-electron chi connectivity index (χ1n) is 5.23. The van der Waals surface area contributed by atoms with E-state index in [1.165, 1.54) is 35.7 Å². The van der Waals surface area contributed by atoms with Gasteiger partial charge >= 0.3 is 0 Å². The van der Waals surface area contributed by atoms with Gasteiger partial charge in [-0.05, 0) is 12.2 Å². The van der Waals surface area contributed by atoms with Crippen LogP contribution in [0.15, 0.2) is 25.3 Å². The van der Waals surface area contributed by atoms with Crippen LogP contribution in [0.25, 0.3) is 0 Å². The molecule has 2 atom stereocenters. The molecule has 0 fully saturated rings. The molecular formula is C12H18O2S3. The lowest BCUT2D eigenvalue weighted by molar-refractivity contribution is -0.107. The van der Waals surface area contributed by atoms with E-state index in [0.29, 0.717) is 0 Å². The number of thioether (sulfide) groups is 3. The highest BCUT2D eigenvalue weighted by Gasteiger charge is 2.10. The average Bonchev–Trinajstić information content (AvgIpc) is 2.28. The van der Waals surface area contributed by atoms with Gasteiger partial charge in [-0.15, -0.1) is 0 Å². The average molecular weight is 290 g/mol. The highest BCUT2D eigenvalue weighted by atomic mass is 32.2. The summed E-state index contributed by atoms with van der Waals surface area (Å²) in [5.74, 6) is 1.80. The van der Waals surface area contributed by atoms with Crippen molar-refractivity contribution in [2.24, 2.45) is 0 Å². The first kappa shape index (κ1) is 16.9. The van der Waals surface area contributed by atoms with Crippen molar-refractivity contribution in [3.63, 3.8) is 0 Å². The molecule has 0 rings (SSSR count). The van der Waals surface area contributed by atoms with Crippen LogP contribution in [0.3, 0.4) is 0 Å². The first-order chi connectivity index (χ1) is 7.99. The molecule has 0 aromatic heterocycles. The van der Waals surface area contributed by atoms with Crippen molar-refractivity contribution in [1.29, 1.82) is 0 Å². The molecule has 0 heterocycles. The lowest BCUT2D eigenvalue weighted by Gasteiger charge is -2.11. The molecule has 5 heteroatoms. The van der Waals surface area contributed by atoms with Crippen LogP contribution in [-0.2, 0) is 9.59 Å². The molecule has 0 saturated carbocycles. The maximum atomic E-state index is 11.1. The molecule has 0 radical (unpaired) electrons. The third-order valence-corrected chi connectivity index (χ3v) is 5.50. The number of hydrogen-bond donors (Lipinski definition) is 0. The van der Waals surface area contributed by atoms with Crippen LogP contribution in [0.5, 0.6) is 0 Å². The van der Waals surface area contributed by atoms with Gasteiger partial charge in [-0.25, -0.2) is 0 Å². The molecular weight excluding hydrogens is 272 g/mol. The summed E-state index contributed by atoms with van der Waals surface area (Å²) in [6, 6.07) is 0. The Hall–Kier alpha value is -0.130. The summed E-state index contributed by atoms with van der Waals surface area (Å²) in [6.07, 6.45) is 2.68. The van der Waals surface area contributed by atoms with Crippen molar-refractivity contribution in [3.8, 4) is 0 Å². The molecule has 0 spiro atoms. The molecule has 0 aromatic carbocycles. The van der Waals surface area contributed by atoms with Crippen LogP contribution in [0.4, 0.5) is 0 Å². The zero-order valence-corrected chi connectivity index (χ0v) is 12.6. The normalized spacial score (nSPS) is 13.8. The Bertz CT molecular complexity index is 261. The lowest BCUT2D eigenvalue weighted by atomic mass is 10.5. The van der Waals surface area contributed by atoms with Crippen LogP contribution in [0.1, 0.15) is 13.8 Å². The predicted octanol–water partition coefficient (Wildman–Crippen LogP) is 3.39. The van der Waals surface area contributed by atoms with Gasteiger partial charge in [0.25, 0.3) is 0 Å². The summed E-state index contributed by atoms with van der Waals surface area (Å²) in [7, 11) is 0. The highest BCUT2D eigenvalue weighted by Crippen LogP contribution is 2.21. The second-order valence-corrected chi connectivity index (χ2v) is 7.40. The van der Waals surface area contributed by atoms with Gasteiger partial charge < -0.3 is 0 Å². The standard InChI is InChI=1S/C12H18O2S3/c1-5-11(13)16-9(3)7-15-8-10(4)17-12(14)6-2/h5-6,9-10H,1-2,7-8H2,3-4H3. The van der Waals surface area contributed by atoms with Crippen LogP contribution >= 0.6 is 35.3 Å². The Morgan fingerprint density at radius 2 is 1.35 bits per heavy atom. The van der Waals surface area contributed by atoms with Gasteiger partial charge in [-0.1, -0.05) is 50.5 Å². The van der Waals surface area contributed by atoms with Gasteiger partial charge in [0.15, 0.2) is 0 Å². The Balaban J connectivity index is 3.68. The van der Waals surface area contributed by atoms with Gasteiger partial charge in [-0.2, -0.15) is 11.8 Å². The molecule has 17 heavy (non-hydrogen) atoms. The number of rotatable bonds is 8. The summed E-state index contributed by atoms with van der Waals surface area (Å²) >= 11 is 4.36. The minimum atomic E-state index is 0.0161. The molecule has 0 aliphatic heterocycles. The fraction of sp³-hybridized carbons (Fsp3) is 0.500. The van der Waals surface area contributed by atoms with Crippen LogP contribution in [0, 0.1) is 0 Å². The fourth-order valence-electron chi connectivity index (χ4n) is 0.961. The molecule has 0 N–H and O–H groups in total. The Kier molecular flexibility index (Phi) is 9.78. The molecule has 2 nitrogen and oxygen atoms in total. The largest absolute Gasteiger partial charge is 0.282 e. The highest BCUT2D eigenvalue weighted by molar-refractivity contribution is 8.16. The minimum Gasteiger partial charge on any atom is -0.282 e. The molecule has 0 saturated heterocycles. The van der Waals surface area contributed by atoms with E-state index in [0.717, 1.165) is 11.5 Å². The Morgan fingerprint density at radius 1 is 1.00 bits per heavy atom. The predicted molar refractivity (Wildman–Crippen MR) is 81.8 cm³/mol. The molecule has 0 aromatic rings. The smallest absolute Gasteiger partial charge is 0.211 e. The monoisotopic (exact) mass is 290 g/mol. The van der Waals surface area contributed by atoms with Crippen molar-refractivity contribution in [2.45, 2.75) is 24.3 Å². The number of carbonyl (C=O) groups is 2. The molecule has 0 aliphatic rings. The maximum Gasteiger partial charge on any atom is 0.211 e. The van der Waals surface area contributed by atoms with E-state index in [1.54, 1.807) is 11.8 Å². The van der Waals surface area contributed by atoms with Crippen molar-refractivity contribution in [3.05, 3.63) is 25.3 Å². The second kappa shape index (κ2) is 9.85. The molecule has 96 valence electrons. The lowest BCUT2D eigenvalue weighted by Crippen LogP contribution is -2.08. The molecule has 0 amide bonds. The second-order valence-electron chi connectivity index (χ2n) is 3.44. The van der Waals surface area contributed by atoms with Crippen LogP contribution < -0.4 is 0 Å². The van der Waals surface area contributed by atoms with E-state index in [2.05, 4.69) is 13.2 Å². The van der Waals surface area contributed by atoms with Gasteiger partial charge in [0.2, 0.25) is 10.2 Å². The Labute approximate surface area is 116 Å². The summed E-state index contributed by atoms with van der Waals surface area (Å²) < 4.78 is 0. The van der Waals surface area contributed by atoms with Gasteiger partial charge in [0.1, 0.15) is 0 Å². The van der Waals surface area contributed by atoms with Crippen molar-refractivity contribution in [1.82, 2.24) is 0 Å². The number of carbonyl (C=O) groups excluding carboxylic acids is 2. The van der Waals surface area contributed by atoms with E-state index >= 15 is 0 Å². The summed E-state index contributed by atoms with van der Waals surface area (Å²) in [5.41, 5.74) is 0. The van der Waals surface area contributed by atoms with Gasteiger partial charge in [-0.3, -0.25) is 9.59 Å². The van der Waals surface area contributed by atoms with E-state index in [1.807, 2.05) is 13.8 Å². The van der Waals surface area contributed by atoms with E-state index in [9.17, 15) is 9.59 Å². The topological polar surface area (TPSA) is 34.1 Å². The number of hydrogen-bond acceptors (Lipinski definition) is 5. The third kappa shape index (κ3) is 9.56. The van der Waals surface area contributed by atoms with E-state index in [-0.39, 0.29) is 20.7 Å². The summed E-state index contributed by atoms with van der Waals surface area (Å²) in [4.78, 5) is 22.2. The summed E-state index contributed by atoms with van der Waals surface area (Å²) in [5, 5.41) is 0.584. The zero-order valence-electron chi connectivity index (χ0n) is 10.2. The minimum absolute atomic E-state index is 0.0161. The van der Waals surface area contributed by atoms with Crippen molar-refractivity contribution in [2.75, 3.05) is 11.5 Å². The van der Waals surface area contributed by atoms with E-state index < -0.39 is 0 Å². The Morgan fingerprint density at radius 3 is 1.65 bits per heavy atom. The maximum absolute atomic E-state index is 11.1. The molecule has 0 aliphatic carbocycles. The van der Waals surface area contributed by atoms with Crippen LogP contribution in [-0.4, -0.2) is 32.2 Å². The van der Waals surface area contributed by atoms with Crippen molar-refractivity contribution >= 4 is 45.5 Å². The molecule has 0 bridgehead atoms. The quantitative estimate of drug-likeness (QED) is 0.640. The first-order valence-corrected chi connectivity index (χ1v) is 8.14. The van der Waals surface area contributed by atoms with Gasteiger partial charge in [0.05, 0.1) is 0 Å². The molecule has 2 unspecified atom stereocenters. The van der Waals surface area contributed by atoms with E-state index in [4.69, 9.17) is 0 Å². The fourth-order valence-corrected chi connectivity index (χ4v) is 3.87. The third-order valence-electron chi connectivity index (χ3n) is 1.67. The van der Waals surface area contributed by atoms with Gasteiger partial charge in [0, 0.05) is 22.0 Å². The van der Waals surface area contributed by atoms with Crippen molar-refractivity contribution < 1.29 is 9.59 Å².